The molecule has 4 amide bonds. The van der Waals surface area contributed by atoms with Gasteiger partial charge in [-0.1, -0.05) is 38.1 Å². The first-order valence-corrected chi connectivity index (χ1v) is 20.5. The lowest BCUT2D eigenvalue weighted by Crippen LogP contribution is -2.66. The van der Waals surface area contributed by atoms with E-state index in [9.17, 15) is 14.4 Å². The molecule has 0 spiro atoms. The molecule has 0 bridgehead atoms. The van der Waals surface area contributed by atoms with E-state index in [1.165, 1.54) is 0 Å². The Hall–Kier alpha value is -6.55. The number of nitrogens with one attached hydrogen (secondary N) is 3. The van der Waals surface area contributed by atoms with Crippen molar-refractivity contribution in [3.05, 3.63) is 95.9 Å². The maximum Gasteiger partial charge on any atom is 0.328 e. The van der Waals surface area contributed by atoms with Crippen LogP contribution in [0.25, 0.3) is 11.3 Å². The standard InChI is InChI=1S/C44H49N11O5/c1-26-18-28(6-12-34(26)27(2)47-40(57)41-50-42(51-60-41)44(3,4)5)35-20-38(46-25-45-35)48-29-7-13-36-37(19-29)59-24-33-23-52(16-17-54(33)36)32-21-53(22-32)30-8-10-31(11-9-30)55-15-14-39(56)49-43(55)58/h6-13,18-20,25,27,32-33H,14-17,21-24H2,1-5H3,(H,47,57)(H,45,46,48)(H,49,56,58)/t27-,33?/m1/s1. The average Bonchev–Trinajstić information content (AvgIpc) is 3.73. The van der Waals surface area contributed by atoms with Crippen LogP contribution in [0.1, 0.15) is 67.8 Å². The molecular weight excluding hydrogens is 763 g/mol. The van der Waals surface area contributed by atoms with Crippen LogP contribution in [0.2, 0.25) is 0 Å². The van der Waals surface area contributed by atoms with E-state index in [0.29, 0.717) is 37.3 Å². The number of aryl methyl sites for hydroxylation is 1. The van der Waals surface area contributed by atoms with E-state index < -0.39 is 5.91 Å². The summed E-state index contributed by atoms with van der Waals surface area (Å²) in [7, 11) is 0. The Morgan fingerprint density at radius 1 is 0.917 bits per heavy atom. The fourth-order valence-electron chi connectivity index (χ4n) is 8.36. The van der Waals surface area contributed by atoms with Gasteiger partial charge in [-0.05, 0) is 67.4 Å². The predicted octanol–water partition coefficient (Wildman–Crippen LogP) is 5.59. The molecule has 3 fully saturated rings. The predicted molar refractivity (Wildman–Crippen MR) is 227 cm³/mol. The number of carbonyl (C=O) groups excluding carboxylic acids is 3. The van der Waals surface area contributed by atoms with Crippen molar-refractivity contribution < 1.29 is 23.6 Å². The Kier molecular flexibility index (Phi) is 10.1. The van der Waals surface area contributed by atoms with Crippen LogP contribution < -0.4 is 35.4 Å². The summed E-state index contributed by atoms with van der Waals surface area (Å²) in [5.74, 6) is 1.30. The first kappa shape index (κ1) is 38.9. The number of amides is 4. The van der Waals surface area contributed by atoms with Crippen molar-refractivity contribution in [2.24, 2.45) is 0 Å². The van der Waals surface area contributed by atoms with Gasteiger partial charge in [-0.15, -0.1) is 0 Å². The minimum absolute atomic E-state index is 0.0533. The first-order valence-electron chi connectivity index (χ1n) is 20.5. The summed E-state index contributed by atoms with van der Waals surface area (Å²) in [6.45, 7) is 15.6. The van der Waals surface area contributed by atoms with Gasteiger partial charge in [-0.2, -0.15) is 4.98 Å². The zero-order chi connectivity index (χ0) is 41.7. The quantitative estimate of drug-likeness (QED) is 0.168. The largest absolute Gasteiger partial charge is 0.489 e. The van der Waals surface area contributed by atoms with Crippen molar-refractivity contribution in [2.45, 2.75) is 64.6 Å². The number of hydrogen-bond acceptors (Lipinski definition) is 13. The van der Waals surface area contributed by atoms with E-state index in [1.54, 1.807) is 11.2 Å². The molecule has 3 aromatic carbocycles. The molecule has 0 saturated carbocycles. The van der Waals surface area contributed by atoms with Crippen LogP contribution in [0.3, 0.4) is 0 Å². The van der Waals surface area contributed by atoms with Crippen LogP contribution >= 0.6 is 0 Å². The van der Waals surface area contributed by atoms with Crippen LogP contribution in [-0.4, -0.2) is 101 Å². The molecule has 16 heteroatoms. The third-order valence-electron chi connectivity index (χ3n) is 11.8. The van der Waals surface area contributed by atoms with Gasteiger partial charge in [-0.3, -0.25) is 24.7 Å². The molecule has 0 aliphatic carbocycles. The number of rotatable bonds is 9. The number of fused-ring (bicyclic) bond motifs is 3. The lowest BCUT2D eigenvalue weighted by Gasteiger charge is -2.52. The molecule has 4 aliphatic rings. The minimum atomic E-state index is -0.415. The summed E-state index contributed by atoms with van der Waals surface area (Å²) in [4.78, 5) is 59.0. The Morgan fingerprint density at radius 3 is 2.47 bits per heavy atom. The van der Waals surface area contributed by atoms with Gasteiger partial charge in [0.05, 0.1) is 23.5 Å². The van der Waals surface area contributed by atoms with Gasteiger partial charge < -0.3 is 29.7 Å². The van der Waals surface area contributed by atoms with E-state index in [0.717, 1.165) is 83.6 Å². The topological polar surface area (TPSA) is 174 Å². The summed E-state index contributed by atoms with van der Waals surface area (Å²) < 4.78 is 11.6. The molecule has 4 aliphatic heterocycles. The molecule has 310 valence electrons. The maximum atomic E-state index is 12.9. The van der Waals surface area contributed by atoms with Gasteiger partial charge in [0.1, 0.15) is 24.5 Å². The number of nitrogens with zero attached hydrogens (tertiary/aromatic N) is 8. The van der Waals surface area contributed by atoms with Crippen molar-refractivity contribution in [2.75, 3.05) is 65.9 Å². The lowest BCUT2D eigenvalue weighted by atomic mass is 9.96. The SMILES string of the molecule is Cc1cc(-c2cc(Nc3ccc4c(c3)OCC3CN(C5CN(c6ccc(N7CCC(=O)NC7=O)cc6)C5)CCN43)ncn2)ccc1[C@@H](C)NC(=O)c1nc(C(C)(C)C)no1. The van der Waals surface area contributed by atoms with E-state index >= 15 is 0 Å². The van der Waals surface area contributed by atoms with E-state index in [4.69, 9.17) is 9.26 Å². The molecule has 3 N–H and O–H groups in total. The number of hydrogen-bond donors (Lipinski definition) is 3. The highest BCUT2D eigenvalue weighted by Crippen LogP contribution is 2.39. The van der Waals surface area contributed by atoms with Crippen LogP contribution in [0, 0.1) is 6.92 Å². The average molecular weight is 812 g/mol. The van der Waals surface area contributed by atoms with Gasteiger partial charge in [0.15, 0.2) is 5.82 Å². The molecule has 6 heterocycles. The second kappa shape index (κ2) is 15.6. The third kappa shape index (κ3) is 7.81. The third-order valence-corrected chi connectivity index (χ3v) is 11.8. The molecule has 60 heavy (non-hydrogen) atoms. The number of aromatic nitrogens is 4. The summed E-state index contributed by atoms with van der Waals surface area (Å²) in [5.41, 5.74) is 7.26. The fourth-order valence-corrected chi connectivity index (χ4v) is 8.36. The van der Waals surface area contributed by atoms with Crippen LogP contribution in [0.5, 0.6) is 5.75 Å². The second-order valence-electron chi connectivity index (χ2n) is 17.0. The van der Waals surface area contributed by atoms with Gasteiger partial charge in [0.25, 0.3) is 0 Å². The van der Waals surface area contributed by atoms with E-state index in [1.807, 2.05) is 71.0 Å². The zero-order valence-electron chi connectivity index (χ0n) is 34.4. The molecular formula is C44H49N11O5. The molecule has 5 aromatic rings. The first-order chi connectivity index (χ1) is 28.9. The zero-order valence-corrected chi connectivity index (χ0v) is 34.4. The van der Waals surface area contributed by atoms with Gasteiger partial charge >= 0.3 is 17.8 Å². The number of anilines is 5. The second-order valence-corrected chi connectivity index (χ2v) is 17.0. The Bertz CT molecular complexity index is 2440. The van der Waals surface area contributed by atoms with E-state index in [2.05, 4.69) is 81.1 Å². The monoisotopic (exact) mass is 811 g/mol. The molecule has 16 nitrogen and oxygen atoms in total. The van der Waals surface area contributed by atoms with Crippen LogP contribution in [0.15, 0.2) is 77.6 Å². The summed E-state index contributed by atoms with van der Waals surface area (Å²) in [6.07, 6.45) is 1.86. The molecule has 9 rings (SSSR count). The number of carbonyl (C=O) groups is 3. The number of imide groups is 1. The van der Waals surface area contributed by atoms with Crippen molar-refractivity contribution >= 4 is 46.4 Å². The Labute approximate surface area is 348 Å². The summed E-state index contributed by atoms with van der Waals surface area (Å²) in [6, 6.07) is 22.3. The molecule has 1 unspecified atom stereocenters. The highest BCUT2D eigenvalue weighted by Gasteiger charge is 2.39. The normalized spacial score (nSPS) is 18.8. The summed E-state index contributed by atoms with van der Waals surface area (Å²) in [5, 5.41) is 12.8. The highest BCUT2D eigenvalue weighted by atomic mass is 16.5. The molecule has 0 radical (unpaired) electrons. The molecule has 3 saturated heterocycles. The lowest BCUT2D eigenvalue weighted by molar-refractivity contribution is -0.120. The Morgan fingerprint density at radius 2 is 1.72 bits per heavy atom. The van der Waals surface area contributed by atoms with E-state index in [-0.39, 0.29) is 35.3 Å². The molecule has 2 atom stereocenters. The number of benzene rings is 3. The van der Waals surface area contributed by atoms with Gasteiger partial charge in [-0.25, -0.2) is 14.8 Å². The number of piperazine rings is 1. The van der Waals surface area contributed by atoms with Crippen LogP contribution in [0.4, 0.5) is 33.4 Å². The smallest absolute Gasteiger partial charge is 0.328 e. The van der Waals surface area contributed by atoms with Gasteiger partial charge in [0.2, 0.25) is 5.91 Å². The number of ether oxygens (including phenoxy) is 1. The van der Waals surface area contributed by atoms with Crippen LogP contribution in [-0.2, 0) is 10.2 Å². The Balaban J connectivity index is 0.782. The van der Waals surface area contributed by atoms with Crippen molar-refractivity contribution in [1.82, 2.24) is 35.6 Å². The van der Waals surface area contributed by atoms with Crippen molar-refractivity contribution in [3.8, 4) is 17.0 Å². The number of urea groups is 1. The van der Waals surface area contributed by atoms with Crippen molar-refractivity contribution in [3.63, 3.8) is 0 Å². The fraction of sp³-hybridized carbons (Fsp3) is 0.386. The van der Waals surface area contributed by atoms with Crippen molar-refractivity contribution in [1.29, 1.82) is 0 Å². The summed E-state index contributed by atoms with van der Waals surface area (Å²) >= 11 is 0. The minimum Gasteiger partial charge on any atom is -0.489 e. The molecule has 2 aromatic heterocycles. The van der Waals surface area contributed by atoms with Gasteiger partial charge in [0, 0.05) is 91.9 Å². The maximum absolute atomic E-state index is 12.9. The highest BCUT2D eigenvalue weighted by molar-refractivity contribution is 6.05.